The highest BCUT2D eigenvalue weighted by Crippen LogP contribution is 2.26. The summed E-state index contributed by atoms with van der Waals surface area (Å²) in [4.78, 5) is 15.9. The molecule has 0 amide bonds. The maximum atomic E-state index is 10.5. The molecule has 7 heteroatoms. The van der Waals surface area contributed by atoms with Crippen LogP contribution in [0.15, 0.2) is 54.9 Å². The van der Waals surface area contributed by atoms with Crippen molar-refractivity contribution in [3.63, 3.8) is 0 Å². The predicted molar refractivity (Wildman–Crippen MR) is 116 cm³/mol. The molecule has 0 saturated carbocycles. The van der Waals surface area contributed by atoms with Crippen LogP contribution < -0.4 is 5.32 Å². The van der Waals surface area contributed by atoms with E-state index in [1.54, 1.807) is 12.4 Å². The molecule has 2 atom stereocenters. The minimum Gasteiger partial charge on any atom is -0.390 e. The van der Waals surface area contributed by atoms with Gasteiger partial charge in [-0.1, -0.05) is 23.7 Å². The fourth-order valence-electron chi connectivity index (χ4n) is 3.48. The molecule has 0 aliphatic carbocycles. The van der Waals surface area contributed by atoms with Crippen LogP contribution in [0.3, 0.4) is 0 Å². The largest absolute Gasteiger partial charge is 0.390 e. The van der Waals surface area contributed by atoms with Gasteiger partial charge in [-0.2, -0.15) is 0 Å². The van der Waals surface area contributed by atoms with Crippen molar-refractivity contribution in [3.8, 4) is 22.6 Å². The zero-order valence-corrected chi connectivity index (χ0v) is 17.2. The topological polar surface area (TPSA) is 74.2 Å². The molecule has 2 aromatic heterocycles. The van der Waals surface area contributed by atoms with Crippen molar-refractivity contribution in [1.82, 2.24) is 19.9 Å². The summed E-state index contributed by atoms with van der Waals surface area (Å²) >= 11 is 6.04. The lowest BCUT2D eigenvalue weighted by Crippen LogP contribution is -2.33. The summed E-state index contributed by atoms with van der Waals surface area (Å²) < 4.78 is 0. The zero-order chi connectivity index (χ0) is 20.4. The minimum atomic E-state index is -0.451. The lowest BCUT2D eigenvalue weighted by atomic mass is 10.1. The Morgan fingerprint density at radius 3 is 2.55 bits per heavy atom. The maximum Gasteiger partial charge on any atom is 0.163 e. The first-order valence-corrected chi connectivity index (χ1v) is 10.1. The second-order valence-corrected chi connectivity index (χ2v) is 8.01. The molecule has 1 fully saturated rings. The van der Waals surface area contributed by atoms with Gasteiger partial charge in [-0.05, 0) is 38.1 Å². The van der Waals surface area contributed by atoms with Gasteiger partial charge in [0.25, 0.3) is 0 Å². The third kappa shape index (κ3) is 4.56. The number of nitrogens with zero attached hydrogens (tertiary/aromatic N) is 4. The predicted octanol–water partition coefficient (Wildman–Crippen LogP) is 3.72. The summed E-state index contributed by atoms with van der Waals surface area (Å²) in [6, 6.07) is 13.6. The number of aliphatic hydroxyl groups excluding tert-OH is 1. The van der Waals surface area contributed by atoms with Gasteiger partial charge in [0.05, 0.1) is 17.8 Å². The molecule has 1 saturated heterocycles. The van der Waals surface area contributed by atoms with Gasteiger partial charge in [-0.3, -0.25) is 9.88 Å². The molecular formula is C22H24ClN5O. The average Bonchev–Trinajstić information content (AvgIpc) is 3.10. The highest BCUT2D eigenvalue weighted by Gasteiger charge is 2.32. The Labute approximate surface area is 175 Å². The van der Waals surface area contributed by atoms with E-state index >= 15 is 0 Å². The quantitative estimate of drug-likeness (QED) is 0.669. The molecule has 0 spiro atoms. The molecule has 1 aliphatic rings. The molecule has 1 aliphatic heterocycles. The molecule has 150 valence electrons. The van der Waals surface area contributed by atoms with E-state index < -0.39 is 6.10 Å². The molecule has 0 bridgehead atoms. The Hall–Kier alpha value is -2.54. The van der Waals surface area contributed by atoms with Crippen LogP contribution in [0.25, 0.3) is 22.6 Å². The highest BCUT2D eigenvalue weighted by atomic mass is 35.5. The summed E-state index contributed by atoms with van der Waals surface area (Å²) in [7, 11) is 0. The number of hydrogen-bond donors (Lipinski definition) is 2. The first kappa shape index (κ1) is 19.8. The van der Waals surface area contributed by atoms with E-state index in [0.29, 0.717) is 29.3 Å². The van der Waals surface area contributed by atoms with E-state index in [2.05, 4.69) is 29.0 Å². The third-order valence-electron chi connectivity index (χ3n) is 5.17. The molecule has 6 nitrogen and oxygen atoms in total. The zero-order valence-electron chi connectivity index (χ0n) is 16.5. The normalized spacial score (nSPS) is 19.6. The van der Waals surface area contributed by atoms with Crippen molar-refractivity contribution < 1.29 is 5.11 Å². The highest BCUT2D eigenvalue weighted by molar-refractivity contribution is 6.30. The average molecular weight is 410 g/mol. The number of aromatic nitrogens is 3. The lowest BCUT2D eigenvalue weighted by molar-refractivity contribution is 0.161. The summed E-state index contributed by atoms with van der Waals surface area (Å²) in [6.45, 7) is 5.69. The fourth-order valence-corrected chi connectivity index (χ4v) is 3.61. The van der Waals surface area contributed by atoms with Gasteiger partial charge >= 0.3 is 0 Å². The smallest absolute Gasteiger partial charge is 0.163 e. The van der Waals surface area contributed by atoms with E-state index in [-0.39, 0.29) is 6.04 Å². The molecule has 4 rings (SSSR count). The molecule has 3 heterocycles. The Morgan fingerprint density at radius 1 is 1.10 bits per heavy atom. The van der Waals surface area contributed by atoms with Crippen molar-refractivity contribution in [2.75, 3.05) is 18.4 Å². The number of halogens is 1. The van der Waals surface area contributed by atoms with Crippen LogP contribution in [0.4, 0.5) is 5.82 Å². The van der Waals surface area contributed by atoms with Gasteiger partial charge in [0, 0.05) is 53.7 Å². The summed E-state index contributed by atoms with van der Waals surface area (Å²) in [5.74, 6) is 1.26. The molecule has 0 radical (unpaired) electrons. The number of rotatable bonds is 5. The molecule has 29 heavy (non-hydrogen) atoms. The second-order valence-electron chi connectivity index (χ2n) is 7.58. The number of anilines is 1. The maximum absolute atomic E-state index is 10.5. The van der Waals surface area contributed by atoms with Crippen molar-refractivity contribution in [2.45, 2.75) is 32.0 Å². The first-order chi connectivity index (χ1) is 14.0. The van der Waals surface area contributed by atoms with E-state index in [9.17, 15) is 5.11 Å². The molecule has 1 aromatic carbocycles. The molecule has 3 aromatic rings. The van der Waals surface area contributed by atoms with Gasteiger partial charge in [-0.15, -0.1) is 0 Å². The summed E-state index contributed by atoms with van der Waals surface area (Å²) in [5, 5.41) is 14.6. The van der Waals surface area contributed by atoms with Crippen LogP contribution in [0, 0.1) is 0 Å². The van der Waals surface area contributed by atoms with Gasteiger partial charge in [-0.25, -0.2) is 9.97 Å². The van der Waals surface area contributed by atoms with Gasteiger partial charge < -0.3 is 10.4 Å². The van der Waals surface area contributed by atoms with Gasteiger partial charge in [0.15, 0.2) is 5.82 Å². The Morgan fingerprint density at radius 2 is 1.90 bits per heavy atom. The number of nitrogens with one attached hydrogen (secondary N) is 1. The van der Waals surface area contributed by atoms with E-state index in [1.807, 2.05) is 42.5 Å². The standard InChI is InChI=1S/C22H24ClN5O/c1-14(2)28-12-19(20(29)13-28)25-21-10-18(15-5-7-17(23)8-6-15)26-22(27-21)16-4-3-9-24-11-16/h3-11,14,19-20,29H,12-13H2,1-2H3,(H,25,26,27)/t19-,20-/m1/s1. The van der Waals surface area contributed by atoms with E-state index in [1.165, 1.54) is 0 Å². The third-order valence-corrected chi connectivity index (χ3v) is 5.42. The van der Waals surface area contributed by atoms with Crippen LogP contribution >= 0.6 is 11.6 Å². The monoisotopic (exact) mass is 409 g/mol. The fraction of sp³-hybridized carbons (Fsp3) is 0.318. The van der Waals surface area contributed by atoms with Crippen LogP contribution in [-0.4, -0.2) is 56.2 Å². The number of benzene rings is 1. The van der Waals surface area contributed by atoms with Crippen LogP contribution in [-0.2, 0) is 0 Å². The Kier molecular flexibility index (Phi) is 5.76. The van der Waals surface area contributed by atoms with Crippen molar-refractivity contribution in [1.29, 1.82) is 0 Å². The van der Waals surface area contributed by atoms with Crippen LogP contribution in [0.5, 0.6) is 0 Å². The Bertz CT molecular complexity index is 965. The lowest BCUT2D eigenvalue weighted by Gasteiger charge is -2.20. The van der Waals surface area contributed by atoms with Crippen LogP contribution in [0.2, 0.25) is 5.02 Å². The molecule has 2 N–H and O–H groups in total. The summed E-state index contributed by atoms with van der Waals surface area (Å²) in [5.41, 5.74) is 2.56. The number of β-amino-alcohol motifs (C(OH)–C–C–N with tert-alkyl or cyclic N) is 1. The molecular weight excluding hydrogens is 386 g/mol. The van der Waals surface area contributed by atoms with Crippen molar-refractivity contribution >= 4 is 17.4 Å². The van der Waals surface area contributed by atoms with E-state index in [0.717, 1.165) is 23.4 Å². The number of aliphatic hydroxyl groups is 1. The van der Waals surface area contributed by atoms with Crippen LogP contribution in [0.1, 0.15) is 13.8 Å². The molecule has 0 unspecified atom stereocenters. The number of pyridine rings is 1. The minimum absolute atomic E-state index is 0.0906. The second kappa shape index (κ2) is 8.45. The Balaban J connectivity index is 1.69. The number of likely N-dealkylation sites (tertiary alicyclic amines) is 1. The van der Waals surface area contributed by atoms with Crippen molar-refractivity contribution in [3.05, 3.63) is 59.9 Å². The van der Waals surface area contributed by atoms with Gasteiger partial charge in [0.2, 0.25) is 0 Å². The summed E-state index contributed by atoms with van der Waals surface area (Å²) in [6.07, 6.45) is 3.02. The number of hydrogen-bond acceptors (Lipinski definition) is 6. The van der Waals surface area contributed by atoms with E-state index in [4.69, 9.17) is 21.6 Å². The van der Waals surface area contributed by atoms with Crippen molar-refractivity contribution in [2.24, 2.45) is 0 Å². The first-order valence-electron chi connectivity index (χ1n) is 9.73. The SMILES string of the molecule is CC(C)N1C[C@@H](O)[C@H](Nc2cc(-c3ccc(Cl)cc3)nc(-c3cccnc3)n2)C1. The van der Waals surface area contributed by atoms with Gasteiger partial charge in [0.1, 0.15) is 5.82 Å².